The van der Waals surface area contributed by atoms with Crippen molar-refractivity contribution in [2.75, 3.05) is 10.7 Å². The molecule has 172 valence electrons. The lowest BCUT2D eigenvalue weighted by Gasteiger charge is -2.35. The maximum absolute atomic E-state index is 13.4. The molecule has 0 saturated carbocycles. The molecule has 1 aromatic heterocycles. The van der Waals surface area contributed by atoms with Gasteiger partial charge in [-0.15, -0.1) is 5.10 Å². The molecule has 2 aliphatic rings. The Morgan fingerprint density at radius 2 is 1.74 bits per heavy atom. The molecule has 1 amide bonds. The van der Waals surface area contributed by atoms with Crippen LogP contribution in [0.15, 0.2) is 89.1 Å². The van der Waals surface area contributed by atoms with Crippen LogP contribution in [-0.4, -0.2) is 43.7 Å². The number of carbonyl (C=O) groups is 1. The van der Waals surface area contributed by atoms with Crippen LogP contribution in [0.5, 0.6) is 0 Å². The van der Waals surface area contributed by atoms with Gasteiger partial charge in [-0.1, -0.05) is 60.3 Å². The topological polar surface area (TPSA) is 76.3 Å². The smallest absolute Gasteiger partial charge is 0.273 e. The van der Waals surface area contributed by atoms with E-state index in [1.54, 1.807) is 22.9 Å². The molecular formula is C23H17F3N6OS. The van der Waals surface area contributed by atoms with E-state index in [2.05, 4.69) is 15.5 Å². The standard InChI is InChI=1S/C23H17F3N6OS/c24-23(25,26)15-7-6-10-17(13-15)31-20(27-19-12-5-4-11-18(19)21(31)33)14-34-22-28-29-30-32(22)16-8-2-1-3-9-16/h1-13,18-19H,14H2/t18-,19-/m0/s1. The summed E-state index contributed by atoms with van der Waals surface area (Å²) in [5.74, 6) is -0.407. The van der Waals surface area contributed by atoms with Crippen molar-refractivity contribution in [3.8, 4) is 5.69 Å². The number of carbonyl (C=O) groups excluding carboxylic acids is 1. The molecule has 0 spiro atoms. The second kappa shape index (κ2) is 8.90. The number of anilines is 1. The number of fused-ring (bicyclic) bond motifs is 1. The van der Waals surface area contributed by atoms with Gasteiger partial charge in [-0.25, -0.2) is 0 Å². The van der Waals surface area contributed by atoms with Gasteiger partial charge in [0.25, 0.3) is 0 Å². The zero-order valence-corrected chi connectivity index (χ0v) is 18.3. The summed E-state index contributed by atoms with van der Waals surface area (Å²) in [6.45, 7) is 0. The van der Waals surface area contributed by atoms with Crippen LogP contribution in [0.2, 0.25) is 0 Å². The summed E-state index contributed by atoms with van der Waals surface area (Å²) in [6.07, 6.45) is 2.54. The number of rotatable bonds is 5. The fourth-order valence-electron chi connectivity index (χ4n) is 3.78. The Balaban J connectivity index is 1.49. The van der Waals surface area contributed by atoms with Gasteiger partial charge in [0.15, 0.2) is 0 Å². The lowest BCUT2D eigenvalue weighted by molar-refractivity contribution is -0.137. The fourth-order valence-corrected chi connectivity index (χ4v) is 4.60. The van der Waals surface area contributed by atoms with Crippen molar-refractivity contribution in [3.63, 3.8) is 0 Å². The van der Waals surface area contributed by atoms with Crippen LogP contribution in [0.25, 0.3) is 5.69 Å². The summed E-state index contributed by atoms with van der Waals surface area (Å²) in [6, 6.07) is 13.6. The summed E-state index contributed by atoms with van der Waals surface area (Å²) < 4.78 is 41.6. The van der Waals surface area contributed by atoms with Gasteiger partial charge >= 0.3 is 6.18 Å². The average molecular weight is 482 g/mol. The normalized spacial score (nSPS) is 19.8. The molecular weight excluding hydrogens is 465 g/mol. The number of tetrazole rings is 1. The van der Waals surface area contributed by atoms with Crippen LogP contribution in [0, 0.1) is 5.92 Å². The maximum Gasteiger partial charge on any atom is 0.416 e. The number of benzene rings is 2. The largest absolute Gasteiger partial charge is 0.416 e. The summed E-state index contributed by atoms with van der Waals surface area (Å²) in [4.78, 5) is 19.4. The summed E-state index contributed by atoms with van der Waals surface area (Å²) in [7, 11) is 0. The van der Waals surface area contributed by atoms with E-state index in [0.29, 0.717) is 11.0 Å². The van der Waals surface area contributed by atoms with Gasteiger partial charge in [0.1, 0.15) is 5.84 Å². The van der Waals surface area contributed by atoms with Gasteiger partial charge in [-0.3, -0.25) is 14.7 Å². The molecule has 7 nitrogen and oxygen atoms in total. The van der Waals surface area contributed by atoms with Crippen LogP contribution in [0.3, 0.4) is 0 Å². The van der Waals surface area contributed by atoms with Crippen molar-refractivity contribution >= 4 is 29.2 Å². The number of para-hydroxylation sites is 1. The molecule has 0 radical (unpaired) electrons. The number of thioether (sulfide) groups is 1. The van der Waals surface area contributed by atoms with Crippen LogP contribution in [0.1, 0.15) is 5.56 Å². The number of amidine groups is 1. The number of aliphatic imine (C=N–C) groups is 1. The van der Waals surface area contributed by atoms with Gasteiger partial charge < -0.3 is 0 Å². The van der Waals surface area contributed by atoms with Crippen molar-refractivity contribution in [2.24, 2.45) is 10.9 Å². The average Bonchev–Trinajstić information content (AvgIpc) is 3.32. The number of halogens is 3. The first kappa shape index (κ1) is 22.1. The van der Waals surface area contributed by atoms with E-state index in [4.69, 9.17) is 4.99 Å². The van der Waals surface area contributed by atoms with Crippen molar-refractivity contribution < 1.29 is 18.0 Å². The maximum atomic E-state index is 13.4. The number of alkyl halides is 3. The number of aromatic nitrogens is 4. The molecule has 2 atom stereocenters. The molecule has 11 heteroatoms. The third-order valence-corrected chi connectivity index (χ3v) is 6.29. The van der Waals surface area contributed by atoms with Crippen molar-refractivity contribution in [3.05, 3.63) is 84.5 Å². The van der Waals surface area contributed by atoms with E-state index in [-0.39, 0.29) is 17.3 Å². The van der Waals surface area contributed by atoms with E-state index in [1.807, 2.05) is 36.4 Å². The lowest BCUT2D eigenvalue weighted by atomic mass is 9.92. The molecule has 2 aromatic carbocycles. The minimum absolute atomic E-state index is 0.114. The van der Waals surface area contributed by atoms with Crippen molar-refractivity contribution in [2.45, 2.75) is 17.4 Å². The van der Waals surface area contributed by atoms with E-state index < -0.39 is 23.7 Å². The zero-order valence-electron chi connectivity index (χ0n) is 17.5. The minimum atomic E-state index is -4.53. The second-order valence-corrected chi connectivity index (χ2v) is 8.49. The molecule has 34 heavy (non-hydrogen) atoms. The van der Waals surface area contributed by atoms with E-state index >= 15 is 0 Å². The molecule has 0 saturated heterocycles. The third-order valence-electron chi connectivity index (χ3n) is 5.37. The Morgan fingerprint density at radius 1 is 0.971 bits per heavy atom. The summed E-state index contributed by atoms with van der Waals surface area (Å²) >= 11 is 1.24. The minimum Gasteiger partial charge on any atom is -0.273 e. The van der Waals surface area contributed by atoms with Crippen LogP contribution >= 0.6 is 11.8 Å². The zero-order chi connectivity index (χ0) is 23.7. The molecule has 0 unspecified atom stereocenters. The molecule has 0 N–H and O–H groups in total. The van der Waals surface area contributed by atoms with E-state index in [1.165, 1.54) is 28.8 Å². The van der Waals surface area contributed by atoms with Crippen LogP contribution in [-0.2, 0) is 11.0 Å². The molecule has 0 bridgehead atoms. The van der Waals surface area contributed by atoms with Gasteiger partial charge in [0, 0.05) is 0 Å². The van der Waals surface area contributed by atoms with Crippen LogP contribution < -0.4 is 4.90 Å². The monoisotopic (exact) mass is 482 g/mol. The second-order valence-electron chi connectivity index (χ2n) is 7.55. The third kappa shape index (κ3) is 4.26. The number of nitrogens with zero attached hydrogens (tertiary/aromatic N) is 6. The Morgan fingerprint density at radius 3 is 2.53 bits per heavy atom. The number of hydrogen-bond acceptors (Lipinski definition) is 6. The van der Waals surface area contributed by atoms with Gasteiger partial charge in [-0.2, -0.15) is 17.9 Å². The quantitative estimate of drug-likeness (QED) is 0.506. The first-order chi connectivity index (χ1) is 16.4. The first-order valence-electron chi connectivity index (χ1n) is 10.3. The lowest BCUT2D eigenvalue weighted by Crippen LogP contribution is -2.49. The Labute approximate surface area is 196 Å². The molecule has 5 rings (SSSR count). The van der Waals surface area contributed by atoms with Crippen LogP contribution in [0.4, 0.5) is 18.9 Å². The van der Waals surface area contributed by atoms with Gasteiger partial charge in [0.2, 0.25) is 11.1 Å². The molecule has 1 aliphatic carbocycles. The predicted octanol–water partition coefficient (Wildman–Crippen LogP) is 4.33. The molecule has 1 aliphatic heterocycles. The number of amides is 1. The first-order valence-corrected chi connectivity index (χ1v) is 11.3. The molecule has 2 heterocycles. The SMILES string of the molecule is O=C1[C@H]2C=CC=C[C@@H]2N=C(CSc2nnnn2-c2ccccc2)N1c1cccc(C(F)(F)F)c1. The molecule has 3 aromatic rings. The van der Waals surface area contributed by atoms with Gasteiger partial charge in [0.05, 0.1) is 34.7 Å². The highest BCUT2D eigenvalue weighted by Crippen LogP contribution is 2.35. The van der Waals surface area contributed by atoms with E-state index in [0.717, 1.165) is 17.8 Å². The van der Waals surface area contributed by atoms with E-state index in [9.17, 15) is 18.0 Å². The number of hydrogen-bond donors (Lipinski definition) is 0. The summed E-state index contributed by atoms with van der Waals surface area (Å²) in [5, 5.41) is 12.3. The fraction of sp³-hybridized carbons (Fsp3) is 0.174. The van der Waals surface area contributed by atoms with Gasteiger partial charge in [-0.05, 0) is 40.8 Å². The van der Waals surface area contributed by atoms with Crippen molar-refractivity contribution in [1.82, 2.24) is 20.2 Å². The molecule has 0 fully saturated rings. The Hall–Kier alpha value is -3.73. The summed E-state index contributed by atoms with van der Waals surface area (Å²) in [5.41, 5.74) is 0.0362. The predicted molar refractivity (Wildman–Crippen MR) is 122 cm³/mol. The Kier molecular flexibility index (Phi) is 5.78. The van der Waals surface area contributed by atoms with Crippen molar-refractivity contribution in [1.29, 1.82) is 0 Å². The highest BCUT2D eigenvalue weighted by atomic mass is 32.2. The Bertz CT molecular complexity index is 1300. The highest BCUT2D eigenvalue weighted by molar-refractivity contribution is 7.99. The number of allylic oxidation sites excluding steroid dienone is 2. The highest BCUT2D eigenvalue weighted by Gasteiger charge is 2.39.